The van der Waals surface area contributed by atoms with Gasteiger partial charge in [-0.15, -0.1) is 0 Å². The summed E-state index contributed by atoms with van der Waals surface area (Å²) in [7, 11) is 0. The SMILES string of the molecule is CC(C)C(NC(=O)C(CO)NC(=O)C(NC(=O)C(N)Cc1ccccc1)C(C)C)C(=O)O. The van der Waals surface area contributed by atoms with E-state index in [1.165, 1.54) is 0 Å². The Labute approximate surface area is 187 Å². The first kappa shape index (κ1) is 27.1. The number of carbonyl (C=O) groups excluding carboxylic acids is 3. The summed E-state index contributed by atoms with van der Waals surface area (Å²) >= 11 is 0. The number of carbonyl (C=O) groups is 4. The van der Waals surface area contributed by atoms with Crippen molar-refractivity contribution in [2.24, 2.45) is 17.6 Å². The van der Waals surface area contributed by atoms with Gasteiger partial charge in [0.1, 0.15) is 18.1 Å². The fourth-order valence-corrected chi connectivity index (χ4v) is 2.98. The number of nitrogens with two attached hydrogens (primary N) is 1. The fourth-order valence-electron chi connectivity index (χ4n) is 2.98. The molecule has 0 aliphatic carbocycles. The van der Waals surface area contributed by atoms with Crippen LogP contribution in [0.3, 0.4) is 0 Å². The normalized spacial score (nSPS) is 14.9. The van der Waals surface area contributed by atoms with Crippen molar-refractivity contribution in [3.63, 3.8) is 0 Å². The average molecular weight is 451 g/mol. The summed E-state index contributed by atoms with van der Waals surface area (Å²) in [6, 6.07) is 4.75. The molecule has 0 radical (unpaired) electrons. The first-order valence-corrected chi connectivity index (χ1v) is 10.5. The van der Waals surface area contributed by atoms with E-state index in [1.54, 1.807) is 27.7 Å². The van der Waals surface area contributed by atoms with E-state index in [4.69, 9.17) is 5.73 Å². The lowest BCUT2D eigenvalue weighted by atomic mass is 10.0. The molecule has 10 nitrogen and oxygen atoms in total. The van der Waals surface area contributed by atoms with Gasteiger partial charge in [0, 0.05) is 0 Å². The summed E-state index contributed by atoms with van der Waals surface area (Å²) in [6.45, 7) is 5.92. The topological polar surface area (TPSA) is 171 Å². The summed E-state index contributed by atoms with van der Waals surface area (Å²) < 4.78 is 0. The quantitative estimate of drug-likeness (QED) is 0.247. The number of rotatable bonds is 12. The number of aliphatic carboxylic acids is 1. The summed E-state index contributed by atoms with van der Waals surface area (Å²) in [5.41, 5.74) is 6.85. The lowest BCUT2D eigenvalue weighted by Crippen LogP contribution is -2.59. The van der Waals surface area contributed by atoms with Crippen molar-refractivity contribution in [1.82, 2.24) is 16.0 Å². The molecule has 10 heteroatoms. The van der Waals surface area contributed by atoms with Crippen LogP contribution in [0.5, 0.6) is 0 Å². The molecule has 0 aliphatic rings. The second kappa shape index (κ2) is 12.8. The molecule has 0 heterocycles. The smallest absolute Gasteiger partial charge is 0.326 e. The van der Waals surface area contributed by atoms with Gasteiger partial charge >= 0.3 is 5.97 Å². The van der Waals surface area contributed by atoms with E-state index in [1.807, 2.05) is 30.3 Å². The molecule has 7 N–H and O–H groups in total. The Morgan fingerprint density at radius 3 is 1.84 bits per heavy atom. The van der Waals surface area contributed by atoms with Gasteiger partial charge in [0.05, 0.1) is 12.6 Å². The molecular formula is C22H34N4O6. The molecule has 0 spiro atoms. The molecule has 3 amide bonds. The molecule has 0 saturated heterocycles. The zero-order chi connectivity index (χ0) is 24.4. The molecule has 1 rings (SSSR count). The third kappa shape index (κ3) is 8.27. The molecule has 4 atom stereocenters. The van der Waals surface area contributed by atoms with E-state index < -0.39 is 60.4 Å². The van der Waals surface area contributed by atoms with Crippen molar-refractivity contribution >= 4 is 23.7 Å². The number of aliphatic hydroxyl groups is 1. The molecule has 32 heavy (non-hydrogen) atoms. The van der Waals surface area contributed by atoms with E-state index in [0.717, 1.165) is 5.56 Å². The number of carboxylic acid groups (broad SMARTS) is 1. The van der Waals surface area contributed by atoms with Gasteiger partial charge in [-0.1, -0.05) is 58.0 Å². The maximum atomic E-state index is 12.8. The Hall–Kier alpha value is -2.98. The highest BCUT2D eigenvalue weighted by Gasteiger charge is 2.32. The Morgan fingerprint density at radius 2 is 1.38 bits per heavy atom. The second-order valence-electron chi connectivity index (χ2n) is 8.34. The lowest BCUT2D eigenvalue weighted by Gasteiger charge is -2.26. The number of carboxylic acids is 1. The number of hydrogen-bond donors (Lipinski definition) is 6. The number of hydrogen-bond acceptors (Lipinski definition) is 6. The van der Waals surface area contributed by atoms with Gasteiger partial charge in [-0.25, -0.2) is 4.79 Å². The molecule has 178 valence electrons. The summed E-state index contributed by atoms with van der Waals surface area (Å²) in [5.74, 6) is -4.02. The average Bonchev–Trinajstić information content (AvgIpc) is 2.73. The van der Waals surface area contributed by atoms with E-state index >= 15 is 0 Å². The van der Waals surface area contributed by atoms with Crippen molar-refractivity contribution in [2.45, 2.75) is 58.3 Å². The van der Waals surface area contributed by atoms with Gasteiger partial charge in [-0.05, 0) is 23.8 Å². The first-order valence-electron chi connectivity index (χ1n) is 10.5. The van der Waals surface area contributed by atoms with Crippen LogP contribution >= 0.6 is 0 Å². The fraction of sp³-hybridized carbons (Fsp3) is 0.545. The van der Waals surface area contributed by atoms with Crippen molar-refractivity contribution in [2.75, 3.05) is 6.61 Å². The maximum absolute atomic E-state index is 12.8. The second-order valence-corrected chi connectivity index (χ2v) is 8.34. The third-order valence-electron chi connectivity index (χ3n) is 4.93. The summed E-state index contributed by atoms with van der Waals surface area (Å²) in [4.78, 5) is 49.0. The molecular weight excluding hydrogens is 416 g/mol. The van der Waals surface area contributed by atoms with Crippen LogP contribution in [0.2, 0.25) is 0 Å². The lowest BCUT2D eigenvalue weighted by molar-refractivity contribution is -0.144. The third-order valence-corrected chi connectivity index (χ3v) is 4.93. The number of benzene rings is 1. The highest BCUT2D eigenvalue weighted by molar-refractivity contribution is 5.94. The molecule has 0 saturated carbocycles. The predicted molar refractivity (Wildman–Crippen MR) is 118 cm³/mol. The molecule has 0 aliphatic heterocycles. The summed E-state index contributed by atoms with van der Waals surface area (Å²) in [5, 5.41) is 26.1. The predicted octanol–water partition coefficient (Wildman–Crippen LogP) is -0.600. The van der Waals surface area contributed by atoms with Gasteiger partial charge in [0.15, 0.2) is 0 Å². The van der Waals surface area contributed by atoms with Crippen molar-refractivity contribution in [1.29, 1.82) is 0 Å². The monoisotopic (exact) mass is 450 g/mol. The van der Waals surface area contributed by atoms with Gasteiger partial charge in [0.2, 0.25) is 17.7 Å². The van der Waals surface area contributed by atoms with Gasteiger partial charge < -0.3 is 31.9 Å². The van der Waals surface area contributed by atoms with Gasteiger partial charge in [-0.3, -0.25) is 14.4 Å². The Bertz CT molecular complexity index is 784. The van der Waals surface area contributed by atoms with Crippen molar-refractivity contribution in [3.8, 4) is 0 Å². The van der Waals surface area contributed by atoms with E-state index in [2.05, 4.69) is 16.0 Å². The Balaban J connectivity index is 2.80. The van der Waals surface area contributed by atoms with Crippen LogP contribution in [-0.2, 0) is 25.6 Å². The van der Waals surface area contributed by atoms with Crippen molar-refractivity contribution < 1.29 is 29.4 Å². The highest BCUT2D eigenvalue weighted by atomic mass is 16.4. The van der Waals surface area contributed by atoms with Gasteiger partial charge in [-0.2, -0.15) is 0 Å². The van der Waals surface area contributed by atoms with Crippen LogP contribution in [0, 0.1) is 11.8 Å². The van der Waals surface area contributed by atoms with Crippen molar-refractivity contribution in [3.05, 3.63) is 35.9 Å². The molecule has 4 unspecified atom stereocenters. The van der Waals surface area contributed by atoms with E-state index in [0.29, 0.717) is 0 Å². The Morgan fingerprint density at radius 1 is 0.844 bits per heavy atom. The largest absolute Gasteiger partial charge is 0.480 e. The highest BCUT2D eigenvalue weighted by Crippen LogP contribution is 2.07. The minimum Gasteiger partial charge on any atom is -0.480 e. The molecule has 0 aromatic heterocycles. The zero-order valence-corrected chi connectivity index (χ0v) is 18.9. The van der Waals surface area contributed by atoms with Crippen LogP contribution in [0.1, 0.15) is 33.3 Å². The standard InChI is InChI=1S/C22H34N4O6/c1-12(2)17(25-19(28)15(23)10-14-8-6-5-7-9-14)21(30)24-16(11-27)20(29)26-18(13(3)4)22(31)32/h5-9,12-13,15-18,27H,10-11,23H2,1-4H3,(H,24,30)(H,25,28)(H,26,29)(H,31,32). The van der Waals surface area contributed by atoms with Crippen LogP contribution in [0.4, 0.5) is 0 Å². The van der Waals surface area contributed by atoms with E-state index in [9.17, 15) is 29.4 Å². The molecule has 1 aromatic rings. The first-order chi connectivity index (χ1) is 15.0. The van der Waals surface area contributed by atoms with Gasteiger partial charge in [0.25, 0.3) is 0 Å². The van der Waals surface area contributed by atoms with E-state index in [-0.39, 0.29) is 12.3 Å². The number of amides is 3. The molecule has 1 aromatic carbocycles. The van der Waals surface area contributed by atoms with Crippen LogP contribution in [-0.4, -0.2) is 64.7 Å². The molecule has 0 fully saturated rings. The Kier molecular flexibility index (Phi) is 10.8. The molecule has 0 bridgehead atoms. The zero-order valence-electron chi connectivity index (χ0n) is 18.9. The van der Waals surface area contributed by atoms with Crippen LogP contribution < -0.4 is 21.7 Å². The van der Waals surface area contributed by atoms with Crippen LogP contribution in [0.15, 0.2) is 30.3 Å². The summed E-state index contributed by atoms with van der Waals surface area (Å²) in [6.07, 6.45) is 0.284. The van der Waals surface area contributed by atoms with Crippen LogP contribution in [0.25, 0.3) is 0 Å². The minimum absolute atomic E-state index is 0.284. The maximum Gasteiger partial charge on any atom is 0.326 e. The minimum atomic E-state index is -1.38. The number of aliphatic hydroxyl groups excluding tert-OH is 1. The number of nitrogens with one attached hydrogen (secondary N) is 3.